The lowest BCUT2D eigenvalue weighted by Gasteiger charge is -2.11. The van der Waals surface area contributed by atoms with Crippen LogP contribution in [0.25, 0.3) is 16.9 Å². The van der Waals surface area contributed by atoms with E-state index < -0.39 is 22.1 Å². The minimum atomic E-state index is -5.39. The van der Waals surface area contributed by atoms with Crippen LogP contribution in [0, 0.1) is 0 Å². The summed E-state index contributed by atoms with van der Waals surface area (Å²) >= 11 is 0. The lowest BCUT2D eigenvalue weighted by Crippen LogP contribution is -2.38. The standard InChI is InChI=1S/C20H20F3N3O5S/c1-29-16-9-5-15(6-10-16)26-18(13-19(25-26)30-2)14-3-7-17(8-4-14)31-12-11-24-32(27,28)20(21,22)23/h3-10,13,24H,11-12H2,1-2H3. The Hall–Kier alpha value is -3.25. The van der Waals surface area contributed by atoms with E-state index in [9.17, 15) is 21.6 Å². The number of halogens is 3. The SMILES string of the molecule is COc1ccc(-n2nc(OC)cc2-c2ccc(OCCNS(=O)(=O)C(F)(F)F)cc2)cc1. The highest BCUT2D eigenvalue weighted by molar-refractivity contribution is 7.90. The van der Waals surface area contributed by atoms with E-state index in [-0.39, 0.29) is 6.61 Å². The summed E-state index contributed by atoms with van der Waals surface area (Å²) < 4.78 is 77.7. The number of alkyl halides is 3. The van der Waals surface area contributed by atoms with Gasteiger partial charge in [-0.05, 0) is 48.5 Å². The number of nitrogens with zero attached hydrogens (tertiary/aromatic N) is 2. The van der Waals surface area contributed by atoms with Crippen molar-refractivity contribution in [3.63, 3.8) is 0 Å². The number of ether oxygens (including phenoxy) is 3. The lowest BCUT2D eigenvalue weighted by molar-refractivity contribution is -0.0448. The zero-order chi connectivity index (χ0) is 23.4. The Morgan fingerprint density at radius 1 is 0.969 bits per heavy atom. The Kier molecular flexibility index (Phi) is 6.94. The van der Waals surface area contributed by atoms with Gasteiger partial charge in [-0.2, -0.15) is 13.2 Å². The maximum absolute atomic E-state index is 12.3. The van der Waals surface area contributed by atoms with Crippen LogP contribution in [-0.2, 0) is 10.0 Å². The van der Waals surface area contributed by atoms with E-state index in [1.165, 1.54) is 11.8 Å². The van der Waals surface area contributed by atoms with Gasteiger partial charge in [-0.1, -0.05) is 0 Å². The lowest BCUT2D eigenvalue weighted by atomic mass is 10.1. The predicted octanol–water partition coefficient (Wildman–Crippen LogP) is 3.37. The third-order valence-corrected chi connectivity index (χ3v) is 5.52. The number of rotatable bonds is 9. The molecule has 0 fully saturated rings. The van der Waals surface area contributed by atoms with Gasteiger partial charge in [-0.15, -0.1) is 5.10 Å². The number of nitrogens with one attached hydrogen (secondary N) is 1. The van der Waals surface area contributed by atoms with E-state index in [4.69, 9.17) is 14.2 Å². The highest BCUT2D eigenvalue weighted by atomic mass is 32.2. The summed E-state index contributed by atoms with van der Waals surface area (Å²) in [6, 6.07) is 15.8. The van der Waals surface area contributed by atoms with Crippen LogP contribution in [0.4, 0.5) is 13.2 Å². The molecule has 8 nitrogen and oxygen atoms in total. The highest BCUT2D eigenvalue weighted by Crippen LogP contribution is 2.29. The van der Waals surface area contributed by atoms with Crippen molar-refractivity contribution in [2.45, 2.75) is 5.51 Å². The number of benzene rings is 2. The van der Waals surface area contributed by atoms with E-state index in [0.29, 0.717) is 17.4 Å². The van der Waals surface area contributed by atoms with Crippen LogP contribution in [0.2, 0.25) is 0 Å². The first kappa shape index (κ1) is 23.4. The molecular weight excluding hydrogens is 451 g/mol. The van der Waals surface area contributed by atoms with E-state index in [0.717, 1.165) is 16.9 Å². The monoisotopic (exact) mass is 471 g/mol. The molecule has 3 rings (SSSR count). The summed E-state index contributed by atoms with van der Waals surface area (Å²) in [5.74, 6) is 1.48. The van der Waals surface area contributed by atoms with Crippen molar-refractivity contribution in [2.24, 2.45) is 0 Å². The van der Waals surface area contributed by atoms with E-state index in [1.807, 2.05) is 12.1 Å². The number of sulfonamides is 1. The molecule has 0 atom stereocenters. The molecule has 0 saturated carbocycles. The molecule has 0 radical (unpaired) electrons. The average molecular weight is 471 g/mol. The van der Waals surface area contributed by atoms with Crippen LogP contribution in [-0.4, -0.2) is 51.1 Å². The van der Waals surface area contributed by atoms with Gasteiger partial charge < -0.3 is 14.2 Å². The molecular formula is C20H20F3N3O5S. The van der Waals surface area contributed by atoms with Crippen molar-refractivity contribution in [1.82, 2.24) is 14.5 Å². The Morgan fingerprint density at radius 3 is 2.16 bits per heavy atom. The second-order valence-electron chi connectivity index (χ2n) is 6.40. The minimum absolute atomic E-state index is 0.272. The highest BCUT2D eigenvalue weighted by Gasteiger charge is 2.45. The maximum atomic E-state index is 12.3. The molecule has 0 aliphatic rings. The van der Waals surface area contributed by atoms with Gasteiger partial charge in [0.1, 0.15) is 18.1 Å². The normalized spacial score (nSPS) is 11.9. The third kappa shape index (κ3) is 5.32. The second-order valence-corrected chi connectivity index (χ2v) is 8.16. The quantitative estimate of drug-likeness (QED) is 0.481. The first-order chi connectivity index (χ1) is 15.1. The van der Waals surface area contributed by atoms with E-state index >= 15 is 0 Å². The van der Waals surface area contributed by atoms with E-state index in [2.05, 4.69) is 5.10 Å². The topological polar surface area (TPSA) is 91.7 Å². The maximum Gasteiger partial charge on any atom is 0.511 e. The summed E-state index contributed by atoms with van der Waals surface area (Å²) in [5.41, 5.74) is -3.07. The smallest absolute Gasteiger partial charge is 0.497 e. The summed E-state index contributed by atoms with van der Waals surface area (Å²) in [5, 5.41) is 4.42. The average Bonchev–Trinajstić information content (AvgIpc) is 3.21. The van der Waals surface area contributed by atoms with Crippen molar-refractivity contribution in [2.75, 3.05) is 27.4 Å². The summed E-state index contributed by atoms with van der Waals surface area (Å²) in [6.45, 7) is -0.794. The van der Waals surface area contributed by atoms with E-state index in [1.54, 1.807) is 54.3 Å². The Labute approximate surface area is 182 Å². The van der Waals surface area contributed by atoms with Crippen molar-refractivity contribution in [3.05, 3.63) is 54.6 Å². The van der Waals surface area contributed by atoms with Crippen molar-refractivity contribution in [3.8, 4) is 34.3 Å². The van der Waals surface area contributed by atoms with Gasteiger partial charge in [0.25, 0.3) is 0 Å². The van der Waals surface area contributed by atoms with Crippen LogP contribution in [0.1, 0.15) is 0 Å². The fourth-order valence-corrected chi connectivity index (χ4v) is 3.25. The molecule has 0 bridgehead atoms. The van der Waals surface area contributed by atoms with Crippen molar-refractivity contribution in [1.29, 1.82) is 0 Å². The predicted molar refractivity (Wildman–Crippen MR) is 111 cm³/mol. The number of aromatic nitrogens is 2. The van der Waals surface area contributed by atoms with Crippen LogP contribution in [0.5, 0.6) is 17.4 Å². The van der Waals surface area contributed by atoms with Gasteiger partial charge in [0.05, 0.1) is 25.6 Å². The Morgan fingerprint density at radius 2 is 1.59 bits per heavy atom. The molecule has 0 aliphatic heterocycles. The van der Waals surface area contributed by atoms with Crippen molar-refractivity contribution < 1.29 is 35.8 Å². The summed E-state index contributed by atoms with van der Waals surface area (Å²) in [4.78, 5) is 0. The zero-order valence-corrected chi connectivity index (χ0v) is 17.9. The molecule has 0 unspecified atom stereocenters. The molecule has 1 aromatic heterocycles. The molecule has 172 valence electrons. The molecule has 3 aromatic rings. The van der Waals surface area contributed by atoms with Crippen molar-refractivity contribution >= 4 is 10.0 Å². The number of hydrogen-bond acceptors (Lipinski definition) is 6. The van der Waals surface area contributed by atoms with Gasteiger partial charge >= 0.3 is 15.5 Å². The first-order valence-electron chi connectivity index (χ1n) is 9.22. The van der Waals surface area contributed by atoms with Gasteiger partial charge in [0.15, 0.2) is 0 Å². The number of methoxy groups -OCH3 is 2. The summed E-state index contributed by atoms with van der Waals surface area (Å²) in [6.07, 6.45) is 0. The minimum Gasteiger partial charge on any atom is -0.497 e. The van der Waals surface area contributed by atoms with Crippen LogP contribution in [0.15, 0.2) is 54.6 Å². The fourth-order valence-electron chi connectivity index (χ4n) is 2.73. The van der Waals surface area contributed by atoms with Crippen LogP contribution >= 0.6 is 0 Å². The Bertz CT molecular complexity index is 1140. The molecule has 0 saturated heterocycles. The van der Waals surface area contributed by atoms with Gasteiger partial charge in [-0.25, -0.2) is 17.8 Å². The zero-order valence-electron chi connectivity index (χ0n) is 17.1. The molecule has 2 aromatic carbocycles. The van der Waals surface area contributed by atoms with Gasteiger partial charge in [0.2, 0.25) is 5.88 Å². The van der Waals surface area contributed by atoms with Crippen LogP contribution in [0.3, 0.4) is 0 Å². The third-order valence-electron chi connectivity index (χ3n) is 4.33. The molecule has 0 spiro atoms. The van der Waals surface area contributed by atoms with Gasteiger partial charge in [0, 0.05) is 18.2 Å². The summed E-state index contributed by atoms with van der Waals surface area (Å²) in [7, 11) is -2.31. The molecule has 0 aliphatic carbocycles. The molecule has 32 heavy (non-hydrogen) atoms. The number of hydrogen-bond donors (Lipinski definition) is 1. The fraction of sp³-hybridized carbons (Fsp3) is 0.250. The van der Waals surface area contributed by atoms with Gasteiger partial charge in [-0.3, -0.25) is 0 Å². The Balaban J connectivity index is 1.71. The molecule has 12 heteroatoms. The molecule has 1 heterocycles. The molecule has 0 amide bonds. The first-order valence-corrected chi connectivity index (χ1v) is 10.7. The second kappa shape index (κ2) is 9.49. The molecule has 1 N–H and O–H groups in total. The van der Waals surface area contributed by atoms with Crippen LogP contribution < -0.4 is 18.9 Å². The largest absolute Gasteiger partial charge is 0.511 e.